The van der Waals surface area contributed by atoms with E-state index in [1.807, 2.05) is 42.6 Å². The number of anilines is 6. The Balaban J connectivity index is 1.20. The maximum Gasteiger partial charge on any atom is 0.137 e. The number of rotatable bonds is 6. The zero-order valence-corrected chi connectivity index (χ0v) is 25.5. The molecule has 47 heavy (non-hydrogen) atoms. The molecule has 0 aliphatic heterocycles. The van der Waals surface area contributed by atoms with Crippen LogP contribution in [0.2, 0.25) is 0 Å². The minimum Gasteiger partial charge on any atom is -0.456 e. The van der Waals surface area contributed by atoms with Gasteiger partial charge in [-0.05, 0) is 106 Å². The van der Waals surface area contributed by atoms with E-state index in [1.165, 1.54) is 21.5 Å². The van der Waals surface area contributed by atoms with E-state index in [4.69, 9.17) is 9.40 Å². The SMILES string of the molecule is c1ccc(N(c2cccc(N(c3ccccc3)c3ccccn3)c2)c2ccc3c(ccc4cc5oc6ccccc6c5cc43)c2)cc1. The van der Waals surface area contributed by atoms with Crippen molar-refractivity contribution in [1.82, 2.24) is 4.98 Å². The molecule has 0 unspecified atom stereocenters. The van der Waals surface area contributed by atoms with Crippen LogP contribution < -0.4 is 9.80 Å². The number of fused-ring (bicyclic) bond motifs is 6. The lowest BCUT2D eigenvalue weighted by molar-refractivity contribution is 0.669. The Kier molecular flexibility index (Phi) is 6.43. The van der Waals surface area contributed by atoms with E-state index >= 15 is 0 Å². The number of aromatic nitrogens is 1. The summed E-state index contributed by atoms with van der Waals surface area (Å²) in [5.41, 5.74) is 7.12. The molecular formula is C43H29N3O. The second-order valence-electron chi connectivity index (χ2n) is 11.7. The van der Waals surface area contributed by atoms with Gasteiger partial charge in [0, 0.05) is 45.4 Å². The quantitative estimate of drug-likeness (QED) is 0.177. The van der Waals surface area contributed by atoms with Gasteiger partial charge in [0.2, 0.25) is 0 Å². The highest BCUT2D eigenvalue weighted by Crippen LogP contribution is 2.42. The van der Waals surface area contributed by atoms with Crippen molar-refractivity contribution in [1.29, 1.82) is 0 Å². The molecule has 0 aliphatic carbocycles. The molecule has 0 atom stereocenters. The Morgan fingerprint density at radius 2 is 1.00 bits per heavy atom. The summed E-state index contributed by atoms with van der Waals surface area (Å²) in [7, 11) is 0. The summed E-state index contributed by atoms with van der Waals surface area (Å²) >= 11 is 0. The van der Waals surface area contributed by atoms with E-state index in [9.17, 15) is 0 Å². The van der Waals surface area contributed by atoms with Crippen LogP contribution in [0.4, 0.5) is 34.3 Å². The molecule has 2 heterocycles. The van der Waals surface area contributed by atoms with Crippen molar-refractivity contribution in [3.8, 4) is 0 Å². The summed E-state index contributed by atoms with van der Waals surface area (Å²) in [6.07, 6.45) is 1.84. The van der Waals surface area contributed by atoms with Crippen LogP contribution in [0, 0.1) is 0 Å². The van der Waals surface area contributed by atoms with Gasteiger partial charge in [-0.2, -0.15) is 0 Å². The van der Waals surface area contributed by atoms with Crippen LogP contribution in [0.5, 0.6) is 0 Å². The summed E-state index contributed by atoms with van der Waals surface area (Å²) in [6.45, 7) is 0. The lowest BCUT2D eigenvalue weighted by Gasteiger charge is -2.29. The Morgan fingerprint density at radius 3 is 1.77 bits per heavy atom. The summed E-state index contributed by atoms with van der Waals surface area (Å²) < 4.78 is 6.19. The van der Waals surface area contributed by atoms with Gasteiger partial charge in [-0.25, -0.2) is 4.98 Å². The van der Waals surface area contributed by atoms with Crippen LogP contribution in [-0.2, 0) is 0 Å². The Bertz CT molecular complexity index is 2490. The van der Waals surface area contributed by atoms with E-state index in [-0.39, 0.29) is 0 Å². The summed E-state index contributed by atoms with van der Waals surface area (Å²) in [6, 6.07) is 59.5. The van der Waals surface area contributed by atoms with Crippen molar-refractivity contribution in [2.24, 2.45) is 0 Å². The predicted molar refractivity (Wildman–Crippen MR) is 196 cm³/mol. The highest BCUT2D eigenvalue weighted by molar-refractivity contribution is 6.16. The number of furan rings is 1. The van der Waals surface area contributed by atoms with Gasteiger partial charge in [-0.15, -0.1) is 0 Å². The maximum absolute atomic E-state index is 6.19. The molecule has 0 N–H and O–H groups in total. The van der Waals surface area contributed by atoms with Crippen molar-refractivity contribution < 1.29 is 4.42 Å². The fourth-order valence-corrected chi connectivity index (χ4v) is 6.68. The minimum absolute atomic E-state index is 0.860. The molecule has 222 valence electrons. The summed E-state index contributed by atoms with van der Waals surface area (Å²) in [5.74, 6) is 0.860. The van der Waals surface area contributed by atoms with Crippen molar-refractivity contribution in [3.05, 3.63) is 176 Å². The highest BCUT2D eigenvalue weighted by Gasteiger charge is 2.18. The molecule has 0 aliphatic rings. The van der Waals surface area contributed by atoms with Crippen molar-refractivity contribution in [3.63, 3.8) is 0 Å². The molecule has 0 radical (unpaired) electrons. The molecule has 4 heteroatoms. The first-order chi connectivity index (χ1) is 23.3. The van der Waals surface area contributed by atoms with Gasteiger partial charge < -0.3 is 9.32 Å². The van der Waals surface area contributed by atoms with Crippen LogP contribution in [0.25, 0.3) is 43.5 Å². The summed E-state index contributed by atoms with van der Waals surface area (Å²) in [4.78, 5) is 9.24. The van der Waals surface area contributed by atoms with E-state index < -0.39 is 0 Å². The number of nitrogens with zero attached hydrogens (tertiary/aromatic N) is 3. The van der Waals surface area contributed by atoms with Gasteiger partial charge in [0.15, 0.2) is 0 Å². The van der Waals surface area contributed by atoms with Crippen LogP contribution in [0.3, 0.4) is 0 Å². The summed E-state index contributed by atoms with van der Waals surface area (Å²) in [5, 5.41) is 7.06. The molecule has 0 amide bonds. The smallest absolute Gasteiger partial charge is 0.137 e. The molecule has 2 aromatic heterocycles. The van der Waals surface area contributed by atoms with Crippen molar-refractivity contribution >= 4 is 77.7 Å². The third kappa shape index (κ3) is 4.75. The number of hydrogen-bond acceptors (Lipinski definition) is 4. The number of para-hydroxylation sites is 3. The van der Waals surface area contributed by atoms with Crippen molar-refractivity contribution in [2.45, 2.75) is 0 Å². The van der Waals surface area contributed by atoms with E-state index in [1.54, 1.807) is 0 Å². The third-order valence-electron chi connectivity index (χ3n) is 8.83. The third-order valence-corrected chi connectivity index (χ3v) is 8.83. The van der Waals surface area contributed by atoms with Gasteiger partial charge in [0.25, 0.3) is 0 Å². The largest absolute Gasteiger partial charge is 0.456 e. The van der Waals surface area contributed by atoms with Gasteiger partial charge in [0.1, 0.15) is 17.0 Å². The standard InChI is InChI=1S/C43H29N3O/c1-3-12-32(13-4-1)45(34-16-11-17-35(28-34)46(33-14-5-2-6-15-33)43-20-9-10-25-44-43)36-23-24-37-30(26-36)21-22-31-27-42-40(29-39(31)37)38-18-7-8-19-41(38)47-42/h1-29H. The van der Waals surface area contributed by atoms with Crippen molar-refractivity contribution in [2.75, 3.05) is 9.80 Å². The predicted octanol–water partition coefficient (Wildman–Crippen LogP) is 12.2. The molecule has 7 aromatic carbocycles. The molecule has 0 bridgehead atoms. The van der Waals surface area contributed by atoms with Crippen LogP contribution in [0.15, 0.2) is 180 Å². The number of hydrogen-bond donors (Lipinski definition) is 0. The molecule has 4 nitrogen and oxygen atoms in total. The lowest BCUT2D eigenvalue weighted by Crippen LogP contribution is -2.13. The average molecular weight is 604 g/mol. The molecule has 9 rings (SSSR count). The fourth-order valence-electron chi connectivity index (χ4n) is 6.68. The molecule has 9 aromatic rings. The first-order valence-corrected chi connectivity index (χ1v) is 15.8. The average Bonchev–Trinajstić information content (AvgIpc) is 3.50. The topological polar surface area (TPSA) is 32.5 Å². The Hall–Kier alpha value is -6.39. The second kappa shape index (κ2) is 11.2. The van der Waals surface area contributed by atoms with Gasteiger partial charge >= 0.3 is 0 Å². The van der Waals surface area contributed by atoms with Crippen LogP contribution in [-0.4, -0.2) is 4.98 Å². The molecule has 0 saturated heterocycles. The first-order valence-electron chi connectivity index (χ1n) is 15.8. The van der Waals surface area contributed by atoms with Crippen LogP contribution >= 0.6 is 0 Å². The van der Waals surface area contributed by atoms with E-state index in [0.717, 1.165) is 56.2 Å². The first kappa shape index (κ1) is 27.0. The fraction of sp³-hybridized carbons (Fsp3) is 0. The number of pyridine rings is 1. The normalized spacial score (nSPS) is 11.4. The molecule has 0 fully saturated rings. The Morgan fingerprint density at radius 1 is 0.362 bits per heavy atom. The molecule has 0 spiro atoms. The van der Waals surface area contributed by atoms with Gasteiger partial charge in [-0.1, -0.05) is 84.9 Å². The maximum atomic E-state index is 6.19. The molecule has 0 saturated carbocycles. The zero-order chi connectivity index (χ0) is 31.2. The second-order valence-corrected chi connectivity index (χ2v) is 11.7. The van der Waals surface area contributed by atoms with Gasteiger partial charge in [-0.3, -0.25) is 4.90 Å². The van der Waals surface area contributed by atoms with Gasteiger partial charge in [0.05, 0.1) is 0 Å². The minimum atomic E-state index is 0.860. The van der Waals surface area contributed by atoms with Crippen LogP contribution in [0.1, 0.15) is 0 Å². The monoisotopic (exact) mass is 603 g/mol. The highest BCUT2D eigenvalue weighted by atomic mass is 16.3. The Labute approximate surface area is 272 Å². The van der Waals surface area contributed by atoms with E-state index in [0.29, 0.717) is 0 Å². The number of benzene rings is 7. The lowest BCUT2D eigenvalue weighted by atomic mass is 9.99. The molecular weight excluding hydrogens is 574 g/mol. The van der Waals surface area contributed by atoms with E-state index in [2.05, 4.69) is 143 Å². The zero-order valence-electron chi connectivity index (χ0n) is 25.5.